The molecule has 1 rings (SSSR count). The van der Waals surface area contributed by atoms with Gasteiger partial charge in [-0.15, -0.1) is 0 Å². The fraction of sp³-hybridized carbons (Fsp3) is 1.00. The van der Waals surface area contributed by atoms with Crippen LogP contribution < -0.4 is 5.32 Å². The van der Waals surface area contributed by atoms with Crippen molar-refractivity contribution in [1.29, 1.82) is 0 Å². The highest BCUT2D eigenvalue weighted by atomic mass is 15.2. The van der Waals surface area contributed by atoms with E-state index in [1.54, 1.807) is 0 Å². The molecule has 3 nitrogen and oxygen atoms in total. The van der Waals surface area contributed by atoms with Crippen molar-refractivity contribution in [2.75, 3.05) is 41.3 Å². The first-order valence-corrected chi connectivity index (χ1v) is 5.17. The van der Waals surface area contributed by atoms with E-state index in [-0.39, 0.29) is 0 Å². The van der Waals surface area contributed by atoms with E-state index in [9.17, 15) is 0 Å². The van der Waals surface area contributed by atoms with Gasteiger partial charge in [-0.25, -0.2) is 0 Å². The van der Waals surface area contributed by atoms with Crippen LogP contribution in [-0.2, 0) is 0 Å². The smallest absolute Gasteiger partial charge is 0.0631 e. The third kappa shape index (κ3) is 2.93. The number of nitrogens with zero attached hydrogens (tertiary/aromatic N) is 2. The molecule has 1 aliphatic rings. The van der Waals surface area contributed by atoms with Gasteiger partial charge < -0.3 is 10.2 Å². The van der Waals surface area contributed by atoms with Crippen molar-refractivity contribution in [3.05, 3.63) is 0 Å². The number of rotatable bonds is 3. The van der Waals surface area contributed by atoms with E-state index in [2.05, 4.69) is 43.3 Å². The van der Waals surface area contributed by atoms with Gasteiger partial charge in [0, 0.05) is 12.5 Å². The van der Waals surface area contributed by atoms with Gasteiger partial charge in [-0.05, 0) is 47.6 Å². The summed E-state index contributed by atoms with van der Waals surface area (Å²) in [5, 5.41) is 3.39. The van der Waals surface area contributed by atoms with Crippen LogP contribution in [0.5, 0.6) is 0 Å². The molecule has 1 fully saturated rings. The molecule has 1 aliphatic heterocycles. The van der Waals surface area contributed by atoms with Gasteiger partial charge in [-0.3, -0.25) is 4.90 Å². The summed E-state index contributed by atoms with van der Waals surface area (Å²) in [6.45, 7) is 2.49. The molecule has 0 radical (unpaired) electrons. The molecule has 0 aromatic rings. The summed E-state index contributed by atoms with van der Waals surface area (Å²) in [6.07, 6.45) is 3.23. The Morgan fingerprint density at radius 2 is 2.15 bits per heavy atom. The maximum Gasteiger partial charge on any atom is 0.0631 e. The molecule has 0 aromatic carbocycles. The molecule has 78 valence electrons. The summed E-state index contributed by atoms with van der Waals surface area (Å²) in [6, 6.07) is 0. The number of nitrogens with one attached hydrogen (secondary N) is 1. The van der Waals surface area contributed by atoms with Crippen LogP contribution >= 0.6 is 0 Å². The quantitative estimate of drug-likeness (QED) is 0.644. The molecule has 1 saturated heterocycles. The van der Waals surface area contributed by atoms with Crippen molar-refractivity contribution >= 4 is 0 Å². The Balaban J connectivity index is 2.47. The summed E-state index contributed by atoms with van der Waals surface area (Å²) < 4.78 is 0. The lowest BCUT2D eigenvalue weighted by Gasteiger charge is -2.38. The first-order chi connectivity index (χ1) is 6.15. The lowest BCUT2D eigenvalue weighted by atomic mass is 9.95. The summed E-state index contributed by atoms with van der Waals surface area (Å²) in [5.74, 6) is 0.777. The molecule has 3 heteroatoms. The third-order valence-corrected chi connectivity index (χ3v) is 2.96. The van der Waals surface area contributed by atoms with Crippen LogP contribution in [0.2, 0.25) is 0 Å². The van der Waals surface area contributed by atoms with Crippen molar-refractivity contribution in [3.8, 4) is 0 Å². The SMILES string of the molecule is CNC(C1CCCN(C)C1)N(C)C. The molecule has 0 amide bonds. The van der Waals surface area contributed by atoms with Gasteiger partial charge in [0.15, 0.2) is 0 Å². The zero-order chi connectivity index (χ0) is 9.84. The summed E-state index contributed by atoms with van der Waals surface area (Å²) >= 11 is 0. The second kappa shape index (κ2) is 4.94. The highest BCUT2D eigenvalue weighted by Crippen LogP contribution is 2.19. The second-order valence-corrected chi connectivity index (χ2v) is 4.36. The minimum Gasteiger partial charge on any atom is -0.306 e. The molecular formula is C10H23N3. The Bertz CT molecular complexity index is 147. The largest absolute Gasteiger partial charge is 0.306 e. The van der Waals surface area contributed by atoms with Gasteiger partial charge >= 0.3 is 0 Å². The zero-order valence-electron chi connectivity index (χ0n) is 9.38. The summed E-state index contributed by atoms with van der Waals surface area (Å²) in [4.78, 5) is 4.71. The molecule has 1 N–H and O–H groups in total. The molecule has 2 unspecified atom stereocenters. The van der Waals surface area contributed by atoms with Crippen molar-refractivity contribution in [1.82, 2.24) is 15.1 Å². The van der Waals surface area contributed by atoms with Crippen LogP contribution in [0.4, 0.5) is 0 Å². The van der Waals surface area contributed by atoms with E-state index in [0.29, 0.717) is 6.17 Å². The Morgan fingerprint density at radius 1 is 1.46 bits per heavy atom. The fourth-order valence-electron chi connectivity index (χ4n) is 2.38. The van der Waals surface area contributed by atoms with E-state index in [4.69, 9.17) is 0 Å². The van der Waals surface area contributed by atoms with Crippen LogP contribution in [0.25, 0.3) is 0 Å². The molecule has 0 aromatic heterocycles. The Labute approximate surface area is 82.1 Å². The monoisotopic (exact) mass is 185 g/mol. The van der Waals surface area contributed by atoms with Gasteiger partial charge in [-0.1, -0.05) is 0 Å². The summed E-state index contributed by atoms with van der Waals surface area (Å²) in [7, 11) is 8.57. The fourth-order valence-corrected chi connectivity index (χ4v) is 2.38. The molecule has 0 aliphatic carbocycles. The van der Waals surface area contributed by atoms with E-state index in [1.807, 2.05) is 0 Å². The average molecular weight is 185 g/mol. The molecule has 1 heterocycles. The Morgan fingerprint density at radius 3 is 2.62 bits per heavy atom. The van der Waals surface area contributed by atoms with Crippen LogP contribution in [0, 0.1) is 5.92 Å². The van der Waals surface area contributed by atoms with Gasteiger partial charge in [0.1, 0.15) is 0 Å². The minimum absolute atomic E-state index is 0.530. The highest BCUT2D eigenvalue weighted by molar-refractivity contribution is 4.79. The number of piperidine rings is 1. The number of hydrogen-bond acceptors (Lipinski definition) is 3. The van der Waals surface area contributed by atoms with Gasteiger partial charge in [0.05, 0.1) is 6.17 Å². The van der Waals surface area contributed by atoms with E-state index in [1.165, 1.54) is 25.9 Å². The normalized spacial score (nSPS) is 27.9. The van der Waals surface area contributed by atoms with Crippen molar-refractivity contribution in [2.24, 2.45) is 5.92 Å². The Hall–Kier alpha value is -0.120. The maximum absolute atomic E-state index is 3.39. The number of hydrogen-bond donors (Lipinski definition) is 1. The van der Waals surface area contributed by atoms with Crippen molar-refractivity contribution in [3.63, 3.8) is 0 Å². The first-order valence-electron chi connectivity index (χ1n) is 5.17. The molecule has 13 heavy (non-hydrogen) atoms. The summed E-state index contributed by atoms with van der Waals surface area (Å²) in [5.41, 5.74) is 0. The third-order valence-electron chi connectivity index (χ3n) is 2.96. The van der Waals surface area contributed by atoms with Crippen LogP contribution in [0.1, 0.15) is 12.8 Å². The van der Waals surface area contributed by atoms with Crippen molar-refractivity contribution in [2.45, 2.75) is 19.0 Å². The predicted octanol–water partition coefficient (Wildman–Crippen LogP) is 0.435. The van der Waals surface area contributed by atoms with Gasteiger partial charge in [0.25, 0.3) is 0 Å². The first kappa shape index (κ1) is 11.0. The van der Waals surface area contributed by atoms with Crippen LogP contribution in [0.3, 0.4) is 0 Å². The standard InChI is InChI=1S/C10H23N3/c1-11-10(12(2)3)9-6-5-7-13(4)8-9/h9-11H,5-8H2,1-4H3. The number of likely N-dealkylation sites (tertiary alicyclic amines) is 1. The molecule has 0 spiro atoms. The molecular weight excluding hydrogens is 162 g/mol. The van der Waals surface area contributed by atoms with E-state index < -0.39 is 0 Å². The van der Waals surface area contributed by atoms with Crippen LogP contribution in [-0.4, -0.2) is 57.2 Å². The van der Waals surface area contributed by atoms with E-state index in [0.717, 1.165) is 5.92 Å². The highest BCUT2D eigenvalue weighted by Gasteiger charge is 2.25. The van der Waals surface area contributed by atoms with E-state index >= 15 is 0 Å². The van der Waals surface area contributed by atoms with Gasteiger partial charge in [-0.2, -0.15) is 0 Å². The van der Waals surface area contributed by atoms with Gasteiger partial charge in [0.2, 0.25) is 0 Å². The van der Waals surface area contributed by atoms with Crippen LogP contribution in [0.15, 0.2) is 0 Å². The zero-order valence-corrected chi connectivity index (χ0v) is 9.38. The Kier molecular flexibility index (Phi) is 4.16. The maximum atomic E-state index is 3.39. The predicted molar refractivity (Wildman–Crippen MR) is 56.8 cm³/mol. The molecule has 2 atom stereocenters. The van der Waals surface area contributed by atoms with Crippen molar-refractivity contribution < 1.29 is 0 Å². The minimum atomic E-state index is 0.530. The lowest BCUT2D eigenvalue weighted by Crippen LogP contribution is -2.50. The second-order valence-electron chi connectivity index (χ2n) is 4.36. The molecule has 0 saturated carbocycles. The molecule has 0 bridgehead atoms. The topological polar surface area (TPSA) is 18.5 Å². The average Bonchev–Trinajstić information content (AvgIpc) is 2.04. The lowest BCUT2D eigenvalue weighted by molar-refractivity contribution is 0.105.